The number of nitrogens with one attached hydrogen (secondary N) is 1. The van der Waals surface area contributed by atoms with Crippen LogP contribution < -0.4 is 5.32 Å². The SMILES string of the molecule is CC(=O)OC1CC2[C@@]3(C)CC[C@H](C)C(C)(C)C3CC[C@@]2(C)[C@]2(C)CCC(C(C)(C)CCCNCC(=O)CO)[C@@H]12. The normalized spacial score (nSPS) is 43.2. The van der Waals surface area contributed by atoms with Crippen LogP contribution in [0.4, 0.5) is 0 Å². The molecule has 4 rings (SSSR count). The number of fused-ring (bicyclic) bond motifs is 5. The van der Waals surface area contributed by atoms with Crippen molar-refractivity contribution >= 4 is 11.8 Å². The zero-order valence-corrected chi connectivity index (χ0v) is 26.6. The highest BCUT2D eigenvalue weighted by atomic mass is 16.5. The topological polar surface area (TPSA) is 75.6 Å². The number of carbonyl (C=O) groups excluding carboxylic acids is 2. The van der Waals surface area contributed by atoms with Gasteiger partial charge >= 0.3 is 5.97 Å². The minimum Gasteiger partial charge on any atom is -0.462 e. The van der Waals surface area contributed by atoms with Crippen LogP contribution in [-0.2, 0) is 14.3 Å². The molecule has 5 heteroatoms. The van der Waals surface area contributed by atoms with Gasteiger partial charge in [0.2, 0.25) is 0 Å². The first-order chi connectivity index (χ1) is 18.0. The number of ketones is 1. The summed E-state index contributed by atoms with van der Waals surface area (Å²) < 4.78 is 6.36. The number of aliphatic hydroxyl groups excluding tert-OH is 1. The summed E-state index contributed by atoms with van der Waals surface area (Å²) in [6.07, 6.45) is 10.7. The smallest absolute Gasteiger partial charge is 0.302 e. The summed E-state index contributed by atoms with van der Waals surface area (Å²) in [6, 6.07) is 0. The number of aliphatic hydroxyl groups is 1. The number of hydrogen-bond donors (Lipinski definition) is 2. The average Bonchev–Trinajstić information content (AvgIpc) is 3.23. The summed E-state index contributed by atoms with van der Waals surface area (Å²) in [7, 11) is 0. The zero-order valence-electron chi connectivity index (χ0n) is 26.6. The van der Waals surface area contributed by atoms with Crippen molar-refractivity contribution in [1.29, 1.82) is 0 Å². The van der Waals surface area contributed by atoms with Crippen LogP contribution in [0, 0.1) is 56.7 Å². The van der Waals surface area contributed by atoms with Gasteiger partial charge < -0.3 is 15.2 Å². The van der Waals surface area contributed by atoms with Crippen LogP contribution in [0.3, 0.4) is 0 Å². The molecule has 2 N–H and O–H groups in total. The van der Waals surface area contributed by atoms with Crippen molar-refractivity contribution in [3.63, 3.8) is 0 Å². The molecule has 0 saturated heterocycles. The van der Waals surface area contributed by atoms with E-state index in [2.05, 4.69) is 60.7 Å². The first-order valence-corrected chi connectivity index (χ1v) is 16.0. The fourth-order valence-corrected chi connectivity index (χ4v) is 11.3. The fraction of sp³-hybridized carbons (Fsp3) is 0.941. The molecule has 4 saturated carbocycles. The number of ether oxygens (including phenoxy) is 1. The van der Waals surface area contributed by atoms with Crippen molar-refractivity contribution in [3.05, 3.63) is 0 Å². The molecule has 5 nitrogen and oxygen atoms in total. The van der Waals surface area contributed by atoms with Gasteiger partial charge in [-0.05, 0) is 115 Å². The molecule has 224 valence electrons. The molecule has 4 aliphatic rings. The Morgan fingerprint density at radius 3 is 2.28 bits per heavy atom. The van der Waals surface area contributed by atoms with E-state index in [1.54, 1.807) is 6.92 Å². The molecule has 0 spiro atoms. The van der Waals surface area contributed by atoms with E-state index in [9.17, 15) is 9.59 Å². The monoisotopic (exact) mass is 545 g/mol. The summed E-state index contributed by atoms with van der Waals surface area (Å²) in [5.41, 5.74) is 1.17. The number of esters is 1. The molecule has 0 amide bonds. The summed E-state index contributed by atoms with van der Waals surface area (Å²) in [4.78, 5) is 24.0. The van der Waals surface area contributed by atoms with Gasteiger partial charge in [0.05, 0.1) is 6.54 Å². The quantitative estimate of drug-likeness (QED) is 0.246. The third-order valence-corrected chi connectivity index (χ3v) is 13.9. The molecule has 0 aromatic heterocycles. The van der Waals surface area contributed by atoms with Gasteiger partial charge in [0.25, 0.3) is 0 Å². The number of rotatable bonds is 9. The maximum absolute atomic E-state index is 12.6. The summed E-state index contributed by atoms with van der Waals surface area (Å²) in [5, 5.41) is 12.2. The Labute approximate surface area is 239 Å². The van der Waals surface area contributed by atoms with Crippen LogP contribution in [0.1, 0.15) is 120 Å². The van der Waals surface area contributed by atoms with Gasteiger partial charge in [-0.3, -0.25) is 9.59 Å². The van der Waals surface area contributed by atoms with Crippen LogP contribution in [0.15, 0.2) is 0 Å². The second-order valence-electron chi connectivity index (χ2n) is 16.3. The van der Waals surface area contributed by atoms with Gasteiger partial charge in [0, 0.05) is 12.8 Å². The second-order valence-corrected chi connectivity index (χ2v) is 16.3. The van der Waals surface area contributed by atoms with Gasteiger partial charge in [-0.2, -0.15) is 0 Å². The Morgan fingerprint density at radius 1 is 0.974 bits per heavy atom. The summed E-state index contributed by atoms with van der Waals surface area (Å²) in [6.45, 7) is 22.4. The van der Waals surface area contributed by atoms with Gasteiger partial charge in [-0.1, -0.05) is 55.4 Å². The lowest BCUT2D eigenvalue weighted by Crippen LogP contribution is -2.66. The van der Waals surface area contributed by atoms with E-state index >= 15 is 0 Å². The van der Waals surface area contributed by atoms with Gasteiger partial charge in [0.15, 0.2) is 5.78 Å². The lowest BCUT2D eigenvalue weighted by molar-refractivity contribution is -0.242. The maximum atomic E-state index is 12.6. The zero-order chi connectivity index (χ0) is 29.0. The van der Waals surface area contributed by atoms with Crippen LogP contribution >= 0.6 is 0 Å². The Bertz CT molecular complexity index is 928. The van der Waals surface area contributed by atoms with E-state index in [0.717, 1.165) is 37.6 Å². The summed E-state index contributed by atoms with van der Waals surface area (Å²) >= 11 is 0. The van der Waals surface area contributed by atoms with Gasteiger partial charge in [-0.15, -0.1) is 0 Å². The van der Waals surface area contributed by atoms with Crippen molar-refractivity contribution in [1.82, 2.24) is 5.32 Å². The van der Waals surface area contributed by atoms with Crippen molar-refractivity contribution in [2.75, 3.05) is 19.7 Å². The number of Topliss-reactive ketones (excluding diaryl/α,β-unsaturated/α-hetero) is 1. The molecule has 0 aliphatic heterocycles. The van der Waals surface area contributed by atoms with E-state index in [0.29, 0.717) is 28.6 Å². The highest BCUT2D eigenvalue weighted by Gasteiger charge is 2.71. The molecule has 39 heavy (non-hydrogen) atoms. The number of carbonyl (C=O) groups is 2. The predicted octanol–water partition coefficient (Wildman–Crippen LogP) is 6.81. The Hall–Kier alpha value is -0.940. The first kappa shape index (κ1) is 31.0. The molecule has 0 bridgehead atoms. The molecule has 4 fully saturated rings. The van der Waals surface area contributed by atoms with Crippen LogP contribution in [0.2, 0.25) is 0 Å². The molecule has 0 aromatic rings. The van der Waals surface area contributed by atoms with E-state index in [1.807, 2.05) is 0 Å². The minimum absolute atomic E-state index is 0.00399. The second kappa shape index (κ2) is 10.7. The van der Waals surface area contributed by atoms with E-state index in [4.69, 9.17) is 9.84 Å². The van der Waals surface area contributed by atoms with Crippen molar-refractivity contribution in [3.8, 4) is 0 Å². The molecule has 0 radical (unpaired) electrons. The lowest BCUT2D eigenvalue weighted by atomic mass is 9.34. The minimum atomic E-state index is -0.394. The molecular weight excluding hydrogens is 486 g/mol. The standard InChI is InChI=1S/C34H59NO4/c1-22-11-15-32(7)27(31(22,5)6)13-17-33(8)28(32)19-26(39-23(2)37)29-25(12-16-34(29,33)9)30(3,4)14-10-18-35-20-24(38)21-36/h22,25-29,35-36H,10-21H2,1-9H3/t22-,25?,26?,27?,28?,29-,32-,33+,34+/m0/s1. The molecule has 4 aliphatic carbocycles. The lowest BCUT2D eigenvalue weighted by Gasteiger charge is -2.71. The Balaban J connectivity index is 1.62. The van der Waals surface area contributed by atoms with Crippen LogP contribution in [-0.4, -0.2) is 42.7 Å². The average molecular weight is 546 g/mol. The predicted molar refractivity (Wildman–Crippen MR) is 157 cm³/mol. The first-order valence-electron chi connectivity index (χ1n) is 16.0. The number of hydrogen-bond acceptors (Lipinski definition) is 5. The fourth-order valence-electron chi connectivity index (χ4n) is 11.3. The Kier molecular flexibility index (Phi) is 8.52. The molecule has 0 aromatic carbocycles. The summed E-state index contributed by atoms with van der Waals surface area (Å²) in [5.74, 6) is 2.68. The third-order valence-electron chi connectivity index (χ3n) is 13.9. The van der Waals surface area contributed by atoms with Crippen molar-refractivity contribution in [2.24, 2.45) is 56.7 Å². The van der Waals surface area contributed by atoms with Crippen LogP contribution in [0.5, 0.6) is 0 Å². The molecule has 9 atom stereocenters. The van der Waals surface area contributed by atoms with E-state index < -0.39 is 6.61 Å². The largest absolute Gasteiger partial charge is 0.462 e. The van der Waals surface area contributed by atoms with Gasteiger partial charge in [-0.25, -0.2) is 0 Å². The Morgan fingerprint density at radius 2 is 1.64 bits per heavy atom. The molecule has 0 heterocycles. The van der Waals surface area contributed by atoms with Crippen molar-refractivity contribution in [2.45, 2.75) is 126 Å². The maximum Gasteiger partial charge on any atom is 0.302 e. The third kappa shape index (κ3) is 5.04. The van der Waals surface area contributed by atoms with E-state index in [1.165, 1.54) is 38.5 Å². The highest BCUT2D eigenvalue weighted by Crippen LogP contribution is 2.76. The van der Waals surface area contributed by atoms with Gasteiger partial charge in [0.1, 0.15) is 12.7 Å². The highest BCUT2D eigenvalue weighted by molar-refractivity contribution is 5.81. The van der Waals surface area contributed by atoms with Crippen molar-refractivity contribution < 1.29 is 19.4 Å². The molecule has 4 unspecified atom stereocenters. The van der Waals surface area contributed by atoms with Crippen LogP contribution in [0.25, 0.3) is 0 Å². The molecular formula is C34H59NO4. The van der Waals surface area contributed by atoms with E-state index in [-0.39, 0.29) is 40.6 Å².